The van der Waals surface area contributed by atoms with Gasteiger partial charge in [0.15, 0.2) is 0 Å². The molecule has 1 rings (SSSR count). The van der Waals surface area contributed by atoms with Crippen LogP contribution in [0.15, 0.2) is 11.4 Å². The van der Waals surface area contributed by atoms with Crippen molar-refractivity contribution in [2.75, 3.05) is 20.2 Å². The topological polar surface area (TPSA) is 89.8 Å². The smallest absolute Gasteiger partial charge is 0.325 e. The molecule has 0 spiro atoms. The molecule has 0 bridgehead atoms. The third-order valence-corrected chi connectivity index (χ3v) is 3.11. The molecule has 1 amide bonds. The maximum absolute atomic E-state index is 12.0. The molecule has 0 aromatic carbocycles. The van der Waals surface area contributed by atoms with Crippen LogP contribution in [0.4, 0.5) is 5.00 Å². The zero-order valence-corrected chi connectivity index (χ0v) is 10.7. The van der Waals surface area contributed by atoms with Crippen molar-refractivity contribution in [2.24, 2.45) is 0 Å². The van der Waals surface area contributed by atoms with Gasteiger partial charge in [0.05, 0.1) is 17.6 Å². The number of carbonyl (C=O) groups is 2. The number of nitrogens with zero attached hydrogens (tertiary/aromatic N) is 2. The molecule has 0 N–H and O–H groups in total. The summed E-state index contributed by atoms with van der Waals surface area (Å²) in [5, 5.41) is 11.8. The van der Waals surface area contributed by atoms with E-state index >= 15 is 0 Å². The predicted octanol–water partition coefficient (Wildman–Crippen LogP) is 1.29. The van der Waals surface area contributed by atoms with Gasteiger partial charge >= 0.3 is 11.0 Å². The molecule has 0 saturated heterocycles. The lowest BCUT2D eigenvalue weighted by molar-refractivity contribution is -0.380. The molecule has 1 heterocycles. The molecule has 0 aliphatic heterocycles. The molecule has 98 valence electrons. The van der Waals surface area contributed by atoms with Crippen LogP contribution in [-0.2, 0) is 9.53 Å². The molecule has 1 aromatic rings. The van der Waals surface area contributed by atoms with Gasteiger partial charge in [0.1, 0.15) is 6.54 Å². The van der Waals surface area contributed by atoms with Crippen LogP contribution in [-0.4, -0.2) is 41.9 Å². The van der Waals surface area contributed by atoms with E-state index in [2.05, 4.69) is 4.74 Å². The molecule has 0 fully saturated rings. The van der Waals surface area contributed by atoms with Gasteiger partial charge in [0.25, 0.3) is 5.91 Å². The number of carbonyl (C=O) groups excluding carboxylic acids is 2. The highest BCUT2D eigenvalue weighted by Gasteiger charge is 2.21. The average molecular weight is 272 g/mol. The summed E-state index contributed by atoms with van der Waals surface area (Å²) < 4.78 is 4.47. The summed E-state index contributed by atoms with van der Waals surface area (Å²) in [6, 6.07) is 1.20. The minimum atomic E-state index is -0.558. The van der Waals surface area contributed by atoms with E-state index in [0.29, 0.717) is 6.54 Å². The van der Waals surface area contributed by atoms with Crippen LogP contribution in [0, 0.1) is 10.1 Å². The van der Waals surface area contributed by atoms with Crippen molar-refractivity contribution in [3.63, 3.8) is 0 Å². The normalized spacial score (nSPS) is 9.89. The maximum Gasteiger partial charge on any atom is 0.325 e. The van der Waals surface area contributed by atoms with Crippen molar-refractivity contribution in [1.29, 1.82) is 0 Å². The third-order valence-electron chi connectivity index (χ3n) is 2.23. The summed E-state index contributed by atoms with van der Waals surface area (Å²) in [5.74, 6) is -0.956. The van der Waals surface area contributed by atoms with Crippen molar-refractivity contribution in [2.45, 2.75) is 6.92 Å². The first kappa shape index (κ1) is 14.1. The lowest BCUT2D eigenvalue weighted by atomic mass is 10.3. The van der Waals surface area contributed by atoms with E-state index in [4.69, 9.17) is 0 Å². The molecule has 8 heteroatoms. The highest BCUT2D eigenvalue weighted by Crippen LogP contribution is 2.23. The number of hydrogen-bond acceptors (Lipinski definition) is 6. The SMILES string of the molecule is CCN(CC(=O)OC)C(=O)c1csc([N+](=O)[O-])c1. The van der Waals surface area contributed by atoms with Gasteiger partial charge in [-0.25, -0.2) is 0 Å². The van der Waals surface area contributed by atoms with Crippen LogP contribution in [0.2, 0.25) is 0 Å². The van der Waals surface area contributed by atoms with Gasteiger partial charge in [-0.05, 0) is 6.92 Å². The molecule has 0 aliphatic carbocycles. The van der Waals surface area contributed by atoms with Crippen LogP contribution in [0.3, 0.4) is 0 Å². The van der Waals surface area contributed by atoms with Gasteiger partial charge in [-0.2, -0.15) is 0 Å². The molecule has 0 radical (unpaired) electrons. The van der Waals surface area contributed by atoms with E-state index in [-0.39, 0.29) is 17.1 Å². The molecule has 0 saturated carbocycles. The largest absolute Gasteiger partial charge is 0.468 e. The Morgan fingerprint density at radius 3 is 2.67 bits per heavy atom. The highest BCUT2D eigenvalue weighted by atomic mass is 32.1. The molecular formula is C10H12N2O5S. The number of ether oxygens (including phenoxy) is 1. The van der Waals surface area contributed by atoms with Crippen molar-refractivity contribution in [1.82, 2.24) is 4.90 Å². The monoisotopic (exact) mass is 272 g/mol. The third kappa shape index (κ3) is 3.27. The van der Waals surface area contributed by atoms with Gasteiger partial charge in [-0.1, -0.05) is 11.3 Å². The number of thiophene rings is 1. The zero-order chi connectivity index (χ0) is 13.7. The minimum absolute atomic E-state index is 0.104. The number of amides is 1. The Kier molecular flexibility index (Phi) is 4.78. The van der Waals surface area contributed by atoms with E-state index in [1.807, 2.05) is 0 Å². The maximum atomic E-state index is 12.0. The van der Waals surface area contributed by atoms with E-state index in [9.17, 15) is 19.7 Å². The molecule has 7 nitrogen and oxygen atoms in total. The van der Waals surface area contributed by atoms with Crippen molar-refractivity contribution in [3.05, 3.63) is 27.1 Å². The summed E-state index contributed by atoms with van der Waals surface area (Å²) >= 11 is 0.876. The van der Waals surface area contributed by atoms with Gasteiger partial charge < -0.3 is 9.64 Å². The minimum Gasteiger partial charge on any atom is -0.468 e. The Bertz CT molecular complexity index is 471. The van der Waals surface area contributed by atoms with Crippen molar-refractivity contribution >= 4 is 28.2 Å². The van der Waals surface area contributed by atoms with E-state index in [1.54, 1.807) is 6.92 Å². The molecule has 0 atom stereocenters. The van der Waals surface area contributed by atoms with Gasteiger partial charge in [0, 0.05) is 18.0 Å². The molecule has 18 heavy (non-hydrogen) atoms. The Balaban J connectivity index is 2.82. The number of esters is 1. The van der Waals surface area contributed by atoms with Gasteiger partial charge in [0.2, 0.25) is 0 Å². The molecular weight excluding hydrogens is 260 g/mol. The van der Waals surface area contributed by atoms with Crippen LogP contribution in [0.25, 0.3) is 0 Å². The van der Waals surface area contributed by atoms with E-state index < -0.39 is 16.8 Å². The average Bonchev–Trinajstić information content (AvgIpc) is 2.84. The predicted molar refractivity (Wildman–Crippen MR) is 64.6 cm³/mol. The Morgan fingerprint density at radius 2 is 2.22 bits per heavy atom. The Morgan fingerprint density at radius 1 is 1.56 bits per heavy atom. The van der Waals surface area contributed by atoms with Crippen LogP contribution in [0.5, 0.6) is 0 Å². The number of nitro groups is 1. The number of rotatable bonds is 5. The fourth-order valence-corrected chi connectivity index (χ4v) is 1.96. The fourth-order valence-electron chi connectivity index (χ4n) is 1.26. The molecule has 0 aliphatic rings. The first-order valence-electron chi connectivity index (χ1n) is 5.08. The van der Waals surface area contributed by atoms with Crippen LogP contribution < -0.4 is 0 Å². The summed E-state index contributed by atoms with van der Waals surface area (Å²) in [6.07, 6.45) is 0. The van der Waals surface area contributed by atoms with E-state index in [1.165, 1.54) is 23.5 Å². The second-order valence-electron chi connectivity index (χ2n) is 3.33. The van der Waals surface area contributed by atoms with Crippen molar-refractivity contribution in [3.8, 4) is 0 Å². The number of hydrogen-bond donors (Lipinski definition) is 0. The summed E-state index contributed by atoms with van der Waals surface area (Å²) in [6.45, 7) is 1.86. The Hall–Kier alpha value is -1.96. The lowest BCUT2D eigenvalue weighted by Crippen LogP contribution is -2.35. The first-order valence-corrected chi connectivity index (χ1v) is 5.96. The number of methoxy groups -OCH3 is 1. The van der Waals surface area contributed by atoms with Crippen LogP contribution >= 0.6 is 11.3 Å². The summed E-state index contributed by atoms with van der Waals surface area (Å²) in [7, 11) is 1.23. The van der Waals surface area contributed by atoms with Gasteiger partial charge in [-0.15, -0.1) is 0 Å². The fraction of sp³-hybridized carbons (Fsp3) is 0.400. The molecule has 0 unspecified atom stereocenters. The lowest BCUT2D eigenvalue weighted by Gasteiger charge is -2.18. The first-order chi connectivity index (χ1) is 8.49. The molecule has 1 aromatic heterocycles. The van der Waals surface area contributed by atoms with E-state index in [0.717, 1.165) is 11.3 Å². The zero-order valence-electron chi connectivity index (χ0n) is 9.91. The second-order valence-corrected chi connectivity index (χ2v) is 4.22. The number of likely N-dealkylation sites (N-methyl/N-ethyl adjacent to an activating group) is 1. The second kappa shape index (κ2) is 6.10. The highest BCUT2D eigenvalue weighted by molar-refractivity contribution is 7.13. The summed E-state index contributed by atoms with van der Waals surface area (Å²) in [4.78, 5) is 34.3. The van der Waals surface area contributed by atoms with Crippen molar-refractivity contribution < 1.29 is 19.2 Å². The quantitative estimate of drug-likeness (QED) is 0.457. The standard InChI is InChI=1S/C10H12N2O5S/c1-3-11(5-9(13)17-2)10(14)7-4-8(12(15)16)18-6-7/h4,6H,3,5H2,1-2H3. The van der Waals surface area contributed by atoms with Gasteiger partial charge in [-0.3, -0.25) is 19.7 Å². The Labute approximate surface area is 107 Å². The van der Waals surface area contributed by atoms with Crippen LogP contribution in [0.1, 0.15) is 17.3 Å². The summed E-state index contributed by atoms with van der Waals surface area (Å²) in [5.41, 5.74) is 0.206.